The van der Waals surface area contributed by atoms with E-state index in [-0.39, 0.29) is 11.3 Å². The molecule has 1 amide bonds. The first kappa shape index (κ1) is 13.9. The Labute approximate surface area is 118 Å². The van der Waals surface area contributed by atoms with Crippen molar-refractivity contribution in [2.24, 2.45) is 5.41 Å². The standard InChI is InChI=1S/C15H17ClN2O/c16-10-15(7-1-2-8-15)11-18-14(19)13-5-3-12(9-17)4-6-13/h3-6H,1-2,7-8,10-11H2,(H,18,19). The van der Waals surface area contributed by atoms with Crippen LogP contribution in [0.1, 0.15) is 41.6 Å². The van der Waals surface area contributed by atoms with Crippen LogP contribution in [0.25, 0.3) is 0 Å². The van der Waals surface area contributed by atoms with E-state index in [1.807, 2.05) is 6.07 Å². The van der Waals surface area contributed by atoms with Crippen LogP contribution in [0.15, 0.2) is 24.3 Å². The molecule has 1 aliphatic carbocycles. The second-order valence-corrected chi connectivity index (χ2v) is 5.48. The molecule has 1 aromatic carbocycles. The Kier molecular flexibility index (Phi) is 4.44. The van der Waals surface area contributed by atoms with Gasteiger partial charge in [-0.3, -0.25) is 4.79 Å². The van der Waals surface area contributed by atoms with Crippen molar-refractivity contribution in [3.05, 3.63) is 35.4 Å². The second-order valence-electron chi connectivity index (χ2n) is 5.21. The van der Waals surface area contributed by atoms with Crippen molar-refractivity contribution in [3.8, 4) is 6.07 Å². The van der Waals surface area contributed by atoms with Crippen molar-refractivity contribution in [2.75, 3.05) is 12.4 Å². The Bertz CT molecular complexity index is 484. The summed E-state index contributed by atoms with van der Waals surface area (Å²) in [5.74, 6) is 0.501. The van der Waals surface area contributed by atoms with Gasteiger partial charge in [0.25, 0.3) is 5.91 Å². The summed E-state index contributed by atoms with van der Waals surface area (Å²) in [5.41, 5.74) is 1.22. The first-order valence-corrected chi connectivity index (χ1v) is 7.07. The van der Waals surface area contributed by atoms with E-state index < -0.39 is 0 Å². The first-order valence-electron chi connectivity index (χ1n) is 6.53. The summed E-state index contributed by atoms with van der Waals surface area (Å²) in [5, 5.41) is 11.7. The van der Waals surface area contributed by atoms with E-state index in [1.54, 1.807) is 24.3 Å². The molecule has 0 radical (unpaired) electrons. The van der Waals surface area contributed by atoms with Crippen molar-refractivity contribution in [3.63, 3.8) is 0 Å². The average molecular weight is 277 g/mol. The summed E-state index contributed by atoms with van der Waals surface area (Å²) in [7, 11) is 0. The summed E-state index contributed by atoms with van der Waals surface area (Å²) in [6, 6.07) is 8.70. The molecule has 0 aliphatic heterocycles. The predicted molar refractivity (Wildman–Crippen MR) is 75.1 cm³/mol. The third-order valence-corrected chi connectivity index (χ3v) is 4.41. The third-order valence-electron chi connectivity index (χ3n) is 3.85. The maximum Gasteiger partial charge on any atom is 0.251 e. The summed E-state index contributed by atoms with van der Waals surface area (Å²) in [4.78, 5) is 12.0. The number of benzene rings is 1. The van der Waals surface area contributed by atoms with Crippen LogP contribution in [-0.2, 0) is 0 Å². The number of carbonyl (C=O) groups is 1. The molecule has 0 bridgehead atoms. The SMILES string of the molecule is N#Cc1ccc(C(=O)NCC2(CCl)CCCC2)cc1. The molecule has 0 saturated heterocycles. The summed E-state index contributed by atoms with van der Waals surface area (Å²) < 4.78 is 0. The minimum Gasteiger partial charge on any atom is -0.351 e. The van der Waals surface area contributed by atoms with Crippen LogP contribution in [-0.4, -0.2) is 18.3 Å². The molecule has 100 valence electrons. The van der Waals surface area contributed by atoms with E-state index in [9.17, 15) is 4.79 Å². The van der Waals surface area contributed by atoms with Gasteiger partial charge in [0.15, 0.2) is 0 Å². The van der Waals surface area contributed by atoms with E-state index in [0.29, 0.717) is 23.6 Å². The molecule has 19 heavy (non-hydrogen) atoms. The second kappa shape index (κ2) is 6.08. The zero-order valence-corrected chi connectivity index (χ0v) is 11.5. The van der Waals surface area contributed by atoms with Gasteiger partial charge in [-0.2, -0.15) is 5.26 Å². The van der Waals surface area contributed by atoms with E-state index in [4.69, 9.17) is 16.9 Å². The third kappa shape index (κ3) is 3.27. The molecule has 1 saturated carbocycles. The highest BCUT2D eigenvalue weighted by Crippen LogP contribution is 2.38. The molecular weight excluding hydrogens is 260 g/mol. The van der Waals surface area contributed by atoms with Crippen molar-refractivity contribution >= 4 is 17.5 Å². The van der Waals surface area contributed by atoms with Gasteiger partial charge in [-0.05, 0) is 37.1 Å². The fourth-order valence-electron chi connectivity index (χ4n) is 2.55. The summed E-state index contributed by atoms with van der Waals surface area (Å²) >= 11 is 6.05. The van der Waals surface area contributed by atoms with Crippen molar-refractivity contribution in [2.45, 2.75) is 25.7 Å². The lowest BCUT2D eigenvalue weighted by Gasteiger charge is -2.26. The van der Waals surface area contributed by atoms with Gasteiger partial charge in [0.1, 0.15) is 0 Å². The molecule has 0 aromatic heterocycles. The molecule has 2 rings (SSSR count). The number of halogens is 1. The van der Waals surface area contributed by atoms with Crippen molar-refractivity contribution in [1.29, 1.82) is 5.26 Å². The lowest BCUT2D eigenvalue weighted by Crippen LogP contribution is -2.37. The van der Waals surface area contributed by atoms with Gasteiger partial charge in [0, 0.05) is 23.4 Å². The molecule has 1 aromatic rings. The van der Waals surface area contributed by atoms with Crippen molar-refractivity contribution in [1.82, 2.24) is 5.32 Å². The predicted octanol–water partition coefficient (Wildman–Crippen LogP) is 3.09. The molecule has 0 heterocycles. The maximum absolute atomic E-state index is 12.0. The number of nitriles is 1. The number of carbonyl (C=O) groups excluding carboxylic acids is 1. The Hall–Kier alpha value is -1.53. The highest BCUT2D eigenvalue weighted by atomic mass is 35.5. The van der Waals surface area contributed by atoms with Gasteiger partial charge in [0.2, 0.25) is 0 Å². The zero-order valence-electron chi connectivity index (χ0n) is 10.8. The molecule has 3 nitrogen and oxygen atoms in total. The van der Waals surface area contributed by atoms with Crippen LogP contribution in [0.5, 0.6) is 0 Å². The maximum atomic E-state index is 12.0. The largest absolute Gasteiger partial charge is 0.351 e. The summed E-state index contributed by atoms with van der Waals surface area (Å²) in [6.07, 6.45) is 4.56. The van der Waals surface area contributed by atoms with Gasteiger partial charge in [-0.25, -0.2) is 0 Å². The molecule has 0 unspecified atom stereocenters. The zero-order chi connectivity index (χ0) is 13.7. The number of hydrogen-bond acceptors (Lipinski definition) is 2. The number of nitrogens with zero attached hydrogens (tertiary/aromatic N) is 1. The monoisotopic (exact) mass is 276 g/mol. The van der Waals surface area contributed by atoms with E-state index >= 15 is 0 Å². The first-order chi connectivity index (χ1) is 9.19. The Morgan fingerprint density at radius 1 is 1.32 bits per heavy atom. The molecule has 1 N–H and O–H groups in total. The molecule has 1 aliphatic rings. The fraction of sp³-hybridized carbons (Fsp3) is 0.467. The van der Waals surface area contributed by atoms with Crippen LogP contribution in [0.2, 0.25) is 0 Å². The molecule has 0 atom stereocenters. The number of amides is 1. The summed E-state index contributed by atoms with van der Waals surface area (Å²) in [6.45, 7) is 0.634. The lowest BCUT2D eigenvalue weighted by molar-refractivity contribution is 0.0935. The fourth-order valence-corrected chi connectivity index (χ4v) is 2.91. The highest BCUT2D eigenvalue weighted by Gasteiger charge is 2.33. The highest BCUT2D eigenvalue weighted by molar-refractivity contribution is 6.18. The topological polar surface area (TPSA) is 52.9 Å². The van der Waals surface area contributed by atoms with Gasteiger partial charge < -0.3 is 5.32 Å². The van der Waals surface area contributed by atoms with Gasteiger partial charge in [-0.15, -0.1) is 11.6 Å². The lowest BCUT2D eigenvalue weighted by atomic mass is 9.88. The number of nitrogens with one attached hydrogen (secondary N) is 1. The van der Waals surface area contributed by atoms with Crippen molar-refractivity contribution < 1.29 is 4.79 Å². The minimum atomic E-state index is -0.0964. The quantitative estimate of drug-likeness (QED) is 0.859. The number of alkyl halides is 1. The van der Waals surface area contributed by atoms with E-state index in [1.165, 1.54) is 12.8 Å². The van der Waals surface area contributed by atoms with Crippen LogP contribution < -0.4 is 5.32 Å². The van der Waals surface area contributed by atoms with Crippen LogP contribution in [0.3, 0.4) is 0 Å². The average Bonchev–Trinajstić information content (AvgIpc) is 2.94. The molecule has 1 fully saturated rings. The van der Waals surface area contributed by atoms with Gasteiger partial charge in [-0.1, -0.05) is 12.8 Å². The molecular formula is C15H17ClN2O. The molecule has 4 heteroatoms. The normalized spacial score (nSPS) is 16.8. The van der Waals surface area contributed by atoms with Gasteiger partial charge in [0.05, 0.1) is 11.6 Å². The van der Waals surface area contributed by atoms with Crippen LogP contribution in [0, 0.1) is 16.7 Å². The van der Waals surface area contributed by atoms with E-state index in [2.05, 4.69) is 5.32 Å². The smallest absolute Gasteiger partial charge is 0.251 e. The minimum absolute atomic E-state index is 0.0732. The number of hydrogen-bond donors (Lipinski definition) is 1. The molecule has 0 spiro atoms. The van der Waals surface area contributed by atoms with Gasteiger partial charge >= 0.3 is 0 Å². The Morgan fingerprint density at radius 3 is 2.47 bits per heavy atom. The Morgan fingerprint density at radius 2 is 1.95 bits per heavy atom. The Balaban J connectivity index is 1.95. The van der Waals surface area contributed by atoms with Crippen LogP contribution >= 0.6 is 11.6 Å². The van der Waals surface area contributed by atoms with Crippen LogP contribution in [0.4, 0.5) is 0 Å². The van der Waals surface area contributed by atoms with E-state index in [0.717, 1.165) is 12.8 Å². The number of rotatable bonds is 4.